The molecular formula is C14H21NO. The number of benzene rings is 1. The zero-order chi connectivity index (χ0) is 11.5. The lowest BCUT2D eigenvalue weighted by Crippen LogP contribution is -2.34. The largest absolute Gasteiger partial charge is 0.508 e. The third-order valence-corrected chi connectivity index (χ3v) is 3.76. The summed E-state index contributed by atoms with van der Waals surface area (Å²) >= 11 is 0. The van der Waals surface area contributed by atoms with E-state index in [1.165, 1.54) is 31.5 Å². The van der Waals surface area contributed by atoms with Crippen molar-refractivity contribution < 1.29 is 5.11 Å². The highest BCUT2D eigenvalue weighted by molar-refractivity contribution is 5.29. The van der Waals surface area contributed by atoms with Crippen molar-refractivity contribution in [3.05, 3.63) is 29.8 Å². The fraction of sp³-hybridized carbons (Fsp3) is 0.571. The van der Waals surface area contributed by atoms with Gasteiger partial charge in [-0.05, 0) is 56.0 Å². The predicted octanol–water partition coefficient (Wildman–Crippen LogP) is 2.84. The van der Waals surface area contributed by atoms with E-state index in [2.05, 4.69) is 24.9 Å². The van der Waals surface area contributed by atoms with E-state index in [9.17, 15) is 5.11 Å². The van der Waals surface area contributed by atoms with Gasteiger partial charge in [-0.1, -0.05) is 19.1 Å². The molecule has 1 aliphatic rings. The maximum Gasteiger partial charge on any atom is 0.115 e. The van der Waals surface area contributed by atoms with Gasteiger partial charge in [0, 0.05) is 6.54 Å². The van der Waals surface area contributed by atoms with Crippen LogP contribution in [0.3, 0.4) is 0 Å². The molecule has 0 unspecified atom stereocenters. The van der Waals surface area contributed by atoms with Gasteiger partial charge in [-0.15, -0.1) is 0 Å². The molecule has 1 saturated heterocycles. The lowest BCUT2D eigenvalue weighted by molar-refractivity contribution is 0.191. The molecule has 0 amide bonds. The fourth-order valence-corrected chi connectivity index (χ4v) is 2.69. The minimum atomic E-state index is 0.383. The lowest BCUT2D eigenvalue weighted by Gasteiger charge is -2.33. The van der Waals surface area contributed by atoms with Crippen LogP contribution in [0.4, 0.5) is 0 Å². The van der Waals surface area contributed by atoms with Crippen LogP contribution in [-0.2, 0) is 0 Å². The first-order chi connectivity index (χ1) is 7.66. The van der Waals surface area contributed by atoms with Crippen LogP contribution in [0, 0.1) is 5.92 Å². The van der Waals surface area contributed by atoms with Gasteiger partial charge in [-0.25, -0.2) is 0 Å². The van der Waals surface area contributed by atoms with Gasteiger partial charge in [0.15, 0.2) is 0 Å². The van der Waals surface area contributed by atoms with Gasteiger partial charge in [-0.2, -0.15) is 0 Å². The Morgan fingerprint density at radius 2 is 2.25 bits per heavy atom. The Kier molecular flexibility index (Phi) is 3.49. The first kappa shape index (κ1) is 11.5. The van der Waals surface area contributed by atoms with Crippen LogP contribution in [0.1, 0.15) is 31.2 Å². The second kappa shape index (κ2) is 4.88. The standard InChI is InChI=1S/C14H21NO/c1-11(12-5-3-7-14(16)9-12)13-6-4-8-15(2)10-13/h3,5,7,9,11,13,16H,4,6,8,10H2,1-2H3/t11-,13-/m0/s1. The average molecular weight is 219 g/mol. The number of hydrogen-bond acceptors (Lipinski definition) is 2. The lowest BCUT2D eigenvalue weighted by atomic mass is 9.82. The van der Waals surface area contributed by atoms with E-state index in [0.29, 0.717) is 11.7 Å². The maximum absolute atomic E-state index is 9.50. The Bertz CT molecular complexity index is 350. The van der Waals surface area contributed by atoms with Crippen molar-refractivity contribution >= 4 is 0 Å². The molecule has 0 bridgehead atoms. The van der Waals surface area contributed by atoms with Crippen LogP contribution in [0.25, 0.3) is 0 Å². The van der Waals surface area contributed by atoms with E-state index in [0.717, 1.165) is 5.92 Å². The summed E-state index contributed by atoms with van der Waals surface area (Å²) < 4.78 is 0. The van der Waals surface area contributed by atoms with Crippen LogP contribution < -0.4 is 0 Å². The predicted molar refractivity (Wildman–Crippen MR) is 66.7 cm³/mol. The minimum absolute atomic E-state index is 0.383. The van der Waals surface area contributed by atoms with Crippen molar-refractivity contribution in [2.24, 2.45) is 5.92 Å². The number of phenols is 1. The summed E-state index contributed by atoms with van der Waals surface area (Å²) in [5.41, 5.74) is 1.26. The molecule has 0 aliphatic carbocycles. The zero-order valence-electron chi connectivity index (χ0n) is 10.2. The molecule has 2 heteroatoms. The summed E-state index contributed by atoms with van der Waals surface area (Å²) in [5, 5.41) is 9.50. The van der Waals surface area contributed by atoms with Gasteiger partial charge < -0.3 is 10.0 Å². The third-order valence-electron chi connectivity index (χ3n) is 3.76. The molecule has 88 valence electrons. The summed E-state index contributed by atoms with van der Waals surface area (Å²) in [6.07, 6.45) is 2.60. The fourth-order valence-electron chi connectivity index (χ4n) is 2.69. The summed E-state index contributed by atoms with van der Waals surface area (Å²) in [6, 6.07) is 7.70. The van der Waals surface area contributed by atoms with E-state index in [4.69, 9.17) is 0 Å². The van der Waals surface area contributed by atoms with Gasteiger partial charge in [0.1, 0.15) is 5.75 Å². The van der Waals surface area contributed by atoms with Crippen molar-refractivity contribution in [1.29, 1.82) is 0 Å². The number of aromatic hydroxyl groups is 1. The highest BCUT2D eigenvalue weighted by atomic mass is 16.3. The number of nitrogens with zero attached hydrogens (tertiary/aromatic N) is 1. The van der Waals surface area contributed by atoms with E-state index < -0.39 is 0 Å². The van der Waals surface area contributed by atoms with Crippen molar-refractivity contribution in [1.82, 2.24) is 4.90 Å². The molecule has 0 radical (unpaired) electrons. The second-order valence-corrected chi connectivity index (χ2v) is 5.05. The number of piperidine rings is 1. The average Bonchev–Trinajstić information content (AvgIpc) is 2.28. The monoisotopic (exact) mass is 219 g/mol. The summed E-state index contributed by atoms with van der Waals surface area (Å²) in [4.78, 5) is 2.41. The first-order valence-electron chi connectivity index (χ1n) is 6.14. The van der Waals surface area contributed by atoms with E-state index >= 15 is 0 Å². The van der Waals surface area contributed by atoms with Crippen LogP contribution >= 0.6 is 0 Å². The number of hydrogen-bond donors (Lipinski definition) is 1. The highest BCUT2D eigenvalue weighted by Gasteiger charge is 2.23. The smallest absolute Gasteiger partial charge is 0.115 e. The Morgan fingerprint density at radius 3 is 2.94 bits per heavy atom. The summed E-state index contributed by atoms with van der Waals surface area (Å²) in [5.74, 6) is 1.64. The van der Waals surface area contributed by atoms with Gasteiger partial charge in [-0.3, -0.25) is 0 Å². The third kappa shape index (κ3) is 2.56. The summed E-state index contributed by atoms with van der Waals surface area (Å²) in [6.45, 7) is 4.68. The molecule has 0 spiro atoms. The molecule has 1 heterocycles. The zero-order valence-corrected chi connectivity index (χ0v) is 10.2. The Balaban J connectivity index is 2.09. The number of rotatable bonds is 2. The molecule has 1 fully saturated rings. The first-order valence-corrected chi connectivity index (χ1v) is 6.14. The van der Waals surface area contributed by atoms with Gasteiger partial charge in [0.05, 0.1) is 0 Å². The van der Waals surface area contributed by atoms with Gasteiger partial charge >= 0.3 is 0 Å². The Labute approximate surface area is 97.9 Å². The molecule has 1 aromatic carbocycles. The van der Waals surface area contributed by atoms with Crippen LogP contribution in [0.5, 0.6) is 5.75 Å². The molecule has 1 N–H and O–H groups in total. The molecule has 1 aliphatic heterocycles. The molecule has 16 heavy (non-hydrogen) atoms. The second-order valence-electron chi connectivity index (χ2n) is 5.05. The Morgan fingerprint density at radius 1 is 1.44 bits per heavy atom. The molecular weight excluding hydrogens is 198 g/mol. The molecule has 2 atom stereocenters. The van der Waals surface area contributed by atoms with E-state index in [1.54, 1.807) is 6.07 Å². The normalized spacial score (nSPS) is 24.2. The molecule has 0 aromatic heterocycles. The van der Waals surface area contributed by atoms with Crippen molar-refractivity contribution in [2.75, 3.05) is 20.1 Å². The maximum atomic E-state index is 9.50. The number of phenolic OH excluding ortho intramolecular Hbond substituents is 1. The summed E-state index contributed by atoms with van der Waals surface area (Å²) in [7, 11) is 2.20. The van der Waals surface area contributed by atoms with Crippen molar-refractivity contribution in [3.63, 3.8) is 0 Å². The molecule has 0 saturated carbocycles. The van der Waals surface area contributed by atoms with Gasteiger partial charge in [0.2, 0.25) is 0 Å². The molecule has 1 aromatic rings. The highest BCUT2D eigenvalue weighted by Crippen LogP contribution is 2.32. The Hall–Kier alpha value is -1.02. The van der Waals surface area contributed by atoms with Crippen LogP contribution in [0.15, 0.2) is 24.3 Å². The minimum Gasteiger partial charge on any atom is -0.508 e. The number of likely N-dealkylation sites (tertiary alicyclic amines) is 1. The topological polar surface area (TPSA) is 23.5 Å². The quantitative estimate of drug-likeness (QED) is 0.826. The molecule has 2 nitrogen and oxygen atoms in total. The van der Waals surface area contributed by atoms with Crippen LogP contribution in [0.2, 0.25) is 0 Å². The van der Waals surface area contributed by atoms with Crippen molar-refractivity contribution in [2.45, 2.75) is 25.7 Å². The SMILES string of the molecule is C[C@@H](c1cccc(O)c1)[C@H]1CCCN(C)C1. The van der Waals surface area contributed by atoms with Crippen LogP contribution in [-0.4, -0.2) is 30.1 Å². The van der Waals surface area contributed by atoms with E-state index in [1.807, 2.05) is 12.1 Å². The van der Waals surface area contributed by atoms with Gasteiger partial charge in [0.25, 0.3) is 0 Å². The van der Waals surface area contributed by atoms with Crippen molar-refractivity contribution in [3.8, 4) is 5.75 Å². The molecule has 2 rings (SSSR count). The van der Waals surface area contributed by atoms with E-state index in [-0.39, 0.29) is 0 Å².